The van der Waals surface area contributed by atoms with Gasteiger partial charge in [0.1, 0.15) is 5.82 Å². The van der Waals surface area contributed by atoms with Crippen LogP contribution in [0, 0.1) is 0 Å². The number of nitrogens with one attached hydrogen (secondary N) is 1. The van der Waals surface area contributed by atoms with Crippen molar-refractivity contribution in [3.05, 3.63) is 50.8 Å². The number of aromatic nitrogens is 2. The second kappa shape index (κ2) is 5.87. The standard InChI is InChI=1S/C12H10BrCl2N3/c1-7(8-3-2-4-9(14)5-8)17-11-10(13)6-16-12(15)18-11/h2-7H,1H3,(H,16,17,18). The average molecular weight is 347 g/mol. The minimum absolute atomic E-state index is 0.0611. The van der Waals surface area contributed by atoms with Gasteiger partial charge in [-0.05, 0) is 52.2 Å². The van der Waals surface area contributed by atoms with Crippen LogP contribution in [0.3, 0.4) is 0 Å². The number of nitrogens with zero attached hydrogens (tertiary/aromatic N) is 2. The van der Waals surface area contributed by atoms with Crippen molar-refractivity contribution in [2.75, 3.05) is 5.32 Å². The zero-order valence-electron chi connectivity index (χ0n) is 9.49. The van der Waals surface area contributed by atoms with Crippen LogP contribution >= 0.6 is 39.1 Å². The Bertz CT molecular complexity index is 563. The molecule has 1 atom stereocenters. The average Bonchev–Trinajstić information content (AvgIpc) is 2.34. The second-order valence-corrected chi connectivity index (χ2v) is 5.39. The highest BCUT2D eigenvalue weighted by molar-refractivity contribution is 9.10. The van der Waals surface area contributed by atoms with Gasteiger partial charge in [-0.3, -0.25) is 0 Å². The zero-order chi connectivity index (χ0) is 13.1. The van der Waals surface area contributed by atoms with Crippen LogP contribution in [0.4, 0.5) is 5.82 Å². The van der Waals surface area contributed by atoms with Crippen LogP contribution in [0.25, 0.3) is 0 Å². The van der Waals surface area contributed by atoms with Gasteiger partial charge < -0.3 is 5.32 Å². The van der Waals surface area contributed by atoms with Crippen LogP contribution in [0.2, 0.25) is 10.3 Å². The van der Waals surface area contributed by atoms with E-state index in [9.17, 15) is 0 Å². The summed E-state index contributed by atoms with van der Waals surface area (Å²) in [6.45, 7) is 2.02. The summed E-state index contributed by atoms with van der Waals surface area (Å²) in [6, 6.07) is 7.73. The molecule has 2 aromatic rings. The Morgan fingerprint density at radius 3 is 2.83 bits per heavy atom. The van der Waals surface area contributed by atoms with Gasteiger partial charge in [0, 0.05) is 11.2 Å². The minimum atomic E-state index is 0.0611. The van der Waals surface area contributed by atoms with Crippen molar-refractivity contribution in [2.24, 2.45) is 0 Å². The molecule has 0 amide bonds. The monoisotopic (exact) mass is 345 g/mol. The summed E-state index contributed by atoms with van der Waals surface area (Å²) in [5.74, 6) is 0.655. The molecule has 0 radical (unpaired) electrons. The maximum atomic E-state index is 5.96. The van der Waals surface area contributed by atoms with Crippen molar-refractivity contribution < 1.29 is 0 Å². The Hall–Kier alpha value is -0.840. The van der Waals surface area contributed by atoms with Crippen LogP contribution in [0.15, 0.2) is 34.9 Å². The largest absolute Gasteiger partial charge is 0.362 e. The molecular formula is C12H10BrCl2N3. The van der Waals surface area contributed by atoms with Crippen molar-refractivity contribution in [1.82, 2.24) is 9.97 Å². The third kappa shape index (κ3) is 3.34. The predicted molar refractivity (Wildman–Crippen MR) is 78.2 cm³/mol. The van der Waals surface area contributed by atoms with Crippen molar-refractivity contribution in [3.8, 4) is 0 Å². The molecule has 0 aliphatic heterocycles. The molecule has 0 aliphatic rings. The smallest absolute Gasteiger partial charge is 0.224 e. The number of hydrogen-bond donors (Lipinski definition) is 1. The Morgan fingerprint density at radius 2 is 2.11 bits per heavy atom. The van der Waals surface area contributed by atoms with E-state index in [-0.39, 0.29) is 11.3 Å². The second-order valence-electron chi connectivity index (χ2n) is 3.76. The quantitative estimate of drug-likeness (QED) is 0.817. The molecule has 18 heavy (non-hydrogen) atoms. The molecule has 0 fully saturated rings. The van der Waals surface area contributed by atoms with E-state index in [1.807, 2.05) is 31.2 Å². The third-order valence-electron chi connectivity index (χ3n) is 2.42. The number of benzene rings is 1. The Labute approximate surface area is 124 Å². The Morgan fingerprint density at radius 1 is 1.33 bits per heavy atom. The fourth-order valence-corrected chi connectivity index (χ4v) is 2.15. The molecule has 3 nitrogen and oxygen atoms in total. The fraction of sp³-hybridized carbons (Fsp3) is 0.167. The van der Waals surface area contributed by atoms with Crippen molar-refractivity contribution in [1.29, 1.82) is 0 Å². The van der Waals surface area contributed by atoms with Gasteiger partial charge in [0.05, 0.1) is 10.5 Å². The third-order valence-corrected chi connectivity index (χ3v) is 3.41. The molecule has 1 heterocycles. The lowest BCUT2D eigenvalue weighted by atomic mass is 10.1. The predicted octanol–water partition coefficient (Wildman–Crippen LogP) is 4.72. The molecule has 94 valence electrons. The first-order chi connectivity index (χ1) is 8.56. The van der Waals surface area contributed by atoms with Crippen LogP contribution in [0.1, 0.15) is 18.5 Å². The van der Waals surface area contributed by atoms with Gasteiger partial charge in [0.25, 0.3) is 0 Å². The fourth-order valence-electron chi connectivity index (χ4n) is 1.51. The van der Waals surface area contributed by atoms with E-state index in [4.69, 9.17) is 23.2 Å². The van der Waals surface area contributed by atoms with Crippen LogP contribution in [-0.4, -0.2) is 9.97 Å². The highest BCUT2D eigenvalue weighted by Gasteiger charge is 2.10. The number of anilines is 1. The maximum absolute atomic E-state index is 5.96. The highest BCUT2D eigenvalue weighted by Crippen LogP contribution is 2.26. The summed E-state index contributed by atoms with van der Waals surface area (Å²) in [7, 11) is 0. The summed E-state index contributed by atoms with van der Waals surface area (Å²) in [4.78, 5) is 8.00. The van der Waals surface area contributed by atoms with E-state index < -0.39 is 0 Å². The molecule has 1 aromatic heterocycles. The molecule has 0 saturated heterocycles. The number of rotatable bonds is 3. The first-order valence-electron chi connectivity index (χ1n) is 5.26. The van der Waals surface area contributed by atoms with Crippen molar-refractivity contribution in [3.63, 3.8) is 0 Å². The number of halogens is 3. The molecule has 1 N–H and O–H groups in total. The van der Waals surface area contributed by atoms with Crippen LogP contribution in [-0.2, 0) is 0 Å². The molecular weight excluding hydrogens is 337 g/mol. The number of hydrogen-bond acceptors (Lipinski definition) is 3. The molecule has 0 aliphatic carbocycles. The van der Waals surface area contributed by atoms with Crippen molar-refractivity contribution in [2.45, 2.75) is 13.0 Å². The van der Waals surface area contributed by atoms with E-state index >= 15 is 0 Å². The molecule has 2 rings (SSSR count). The summed E-state index contributed by atoms with van der Waals surface area (Å²) in [6.07, 6.45) is 1.61. The summed E-state index contributed by atoms with van der Waals surface area (Å²) in [5, 5.41) is 4.17. The lowest BCUT2D eigenvalue weighted by Crippen LogP contribution is -2.08. The molecule has 0 bridgehead atoms. The molecule has 1 aromatic carbocycles. The van der Waals surface area contributed by atoms with Crippen molar-refractivity contribution >= 4 is 44.9 Å². The molecule has 0 spiro atoms. The van der Waals surface area contributed by atoms with Gasteiger partial charge in [0.15, 0.2) is 0 Å². The lowest BCUT2D eigenvalue weighted by Gasteiger charge is -2.16. The van der Waals surface area contributed by atoms with E-state index in [0.717, 1.165) is 10.0 Å². The lowest BCUT2D eigenvalue weighted by molar-refractivity contribution is 0.870. The Balaban J connectivity index is 2.21. The summed E-state index contributed by atoms with van der Waals surface area (Å²) >= 11 is 15.1. The topological polar surface area (TPSA) is 37.8 Å². The van der Waals surface area contributed by atoms with Gasteiger partial charge in [-0.1, -0.05) is 23.7 Å². The summed E-state index contributed by atoms with van der Waals surface area (Å²) < 4.78 is 0.765. The highest BCUT2D eigenvalue weighted by atomic mass is 79.9. The normalized spacial score (nSPS) is 12.2. The van der Waals surface area contributed by atoms with Crippen LogP contribution in [0.5, 0.6) is 0 Å². The SMILES string of the molecule is CC(Nc1nc(Cl)ncc1Br)c1cccc(Cl)c1. The molecule has 1 unspecified atom stereocenters. The maximum Gasteiger partial charge on any atom is 0.224 e. The first-order valence-corrected chi connectivity index (χ1v) is 6.81. The molecule has 6 heteroatoms. The molecule has 0 saturated carbocycles. The van der Waals surface area contributed by atoms with Gasteiger partial charge in [-0.15, -0.1) is 0 Å². The van der Waals surface area contributed by atoms with E-state index in [1.165, 1.54) is 0 Å². The van der Waals surface area contributed by atoms with Gasteiger partial charge in [-0.2, -0.15) is 4.98 Å². The zero-order valence-corrected chi connectivity index (χ0v) is 12.6. The van der Waals surface area contributed by atoms with E-state index in [1.54, 1.807) is 6.20 Å². The minimum Gasteiger partial charge on any atom is -0.362 e. The summed E-state index contributed by atoms with van der Waals surface area (Å²) in [5.41, 5.74) is 1.07. The Kier molecular flexibility index (Phi) is 4.43. The first kappa shape index (κ1) is 13.6. The van der Waals surface area contributed by atoms with Gasteiger partial charge >= 0.3 is 0 Å². The van der Waals surface area contributed by atoms with E-state index in [2.05, 4.69) is 31.2 Å². The van der Waals surface area contributed by atoms with Gasteiger partial charge in [0.2, 0.25) is 5.28 Å². The van der Waals surface area contributed by atoms with Gasteiger partial charge in [-0.25, -0.2) is 4.98 Å². The van der Waals surface area contributed by atoms with E-state index in [0.29, 0.717) is 10.8 Å². The van der Waals surface area contributed by atoms with Crippen LogP contribution < -0.4 is 5.32 Å².